The van der Waals surface area contributed by atoms with Crippen molar-refractivity contribution in [1.82, 2.24) is 20.9 Å². The third kappa shape index (κ3) is 8.25. The molecule has 0 heterocycles. The number of nitrogens with one attached hydrogen (secondary N) is 3. The van der Waals surface area contributed by atoms with E-state index in [4.69, 9.17) is 0 Å². The molecule has 1 saturated carbocycles. The molecule has 3 N–H and O–H groups in total. The first-order valence-electron chi connectivity index (χ1n) is 9.64. The summed E-state index contributed by atoms with van der Waals surface area (Å²) >= 11 is 8.08. The van der Waals surface area contributed by atoms with E-state index in [1.165, 1.54) is 6.92 Å². The van der Waals surface area contributed by atoms with Crippen LogP contribution in [-0.4, -0.2) is 64.2 Å². The Labute approximate surface area is 181 Å². The molecule has 0 spiro atoms. The van der Waals surface area contributed by atoms with Crippen molar-refractivity contribution < 1.29 is 24.0 Å². The molecule has 1 fully saturated rings. The van der Waals surface area contributed by atoms with E-state index in [0.29, 0.717) is 29.9 Å². The first kappa shape index (κ1) is 25.3. The fourth-order valence-corrected chi connectivity index (χ4v) is 3.71. The number of rotatable bonds is 8. The summed E-state index contributed by atoms with van der Waals surface area (Å²) < 4.78 is 0. The molecule has 0 aromatic rings. The van der Waals surface area contributed by atoms with Crippen molar-refractivity contribution in [3.05, 3.63) is 0 Å². The van der Waals surface area contributed by atoms with Crippen molar-refractivity contribution in [2.45, 2.75) is 70.5 Å². The monoisotopic (exact) mass is 446 g/mol. The summed E-state index contributed by atoms with van der Waals surface area (Å²) in [7, 11) is 0. The van der Waals surface area contributed by atoms with Crippen molar-refractivity contribution in [3.8, 4) is 0 Å². The molecule has 29 heavy (non-hydrogen) atoms. The summed E-state index contributed by atoms with van der Waals surface area (Å²) in [5.41, 5.74) is 0. The fraction of sp³-hybridized carbons (Fsp3) is 0.722. The summed E-state index contributed by atoms with van der Waals surface area (Å²) in [6, 6.07) is -2.32. The van der Waals surface area contributed by atoms with Gasteiger partial charge in [-0.15, -0.1) is 0 Å². The average molecular weight is 447 g/mol. The number of carbonyl (C=O) groups is 5. The maximum absolute atomic E-state index is 12.6. The molecule has 9 nitrogen and oxygen atoms in total. The minimum Gasteiger partial charge on any atom is -0.350 e. The third-order valence-electron chi connectivity index (χ3n) is 4.61. The predicted molar refractivity (Wildman–Crippen MR) is 115 cm³/mol. The smallest absolute Gasteiger partial charge is 0.331 e. The summed E-state index contributed by atoms with van der Waals surface area (Å²) in [4.78, 5) is 60.9. The second kappa shape index (κ2) is 12.7. The minimum absolute atomic E-state index is 0.0386. The van der Waals surface area contributed by atoms with Gasteiger partial charge in [0.05, 0.1) is 6.04 Å². The van der Waals surface area contributed by atoms with Gasteiger partial charge in [0.15, 0.2) is 0 Å². The number of carbonyl (C=O) groups excluding carboxylic acids is 5. The van der Waals surface area contributed by atoms with E-state index in [1.807, 2.05) is 0 Å². The molecular weight excluding hydrogens is 416 g/mol. The van der Waals surface area contributed by atoms with Crippen LogP contribution in [-0.2, 0) is 19.2 Å². The summed E-state index contributed by atoms with van der Waals surface area (Å²) in [6.07, 6.45) is 3.27. The van der Waals surface area contributed by atoms with Crippen molar-refractivity contribution in [3.63, 3.8) is 0 Å². The molecule has 1 aliphatic carbocycles. The zero-order valence-corrected chi connectivity index (χ0v) is 18.6. The topological polar surface area (TPSA) is 125 Å². The van der Waals surface area contributed by atoms with Crippen LogP contribution >= 0.6 is 25.3 Å². The predicted octanol–water partition coefficient (Wildman–Crippen LogP) is 0.643. The van der Waals surface area contributed by atoms with Crippen LogP contribution in [0.1, 0.15) is 52.4 Å². The highest BCUT2D eigenvalue weighted by molar-refractivity contribution is 7.80. The lowest BCUT2D eigenvalue weighted by Gasteiger charge is -2.34. The van der Waals surface area contributed by atoms with Crippen molar-refractivity contribution >= 4 is 54.9 Å². The molecule has 0 aromatic heterocycles. The quantitative estimate of drug-likeness (QED) is 0.350. The molecule has 11 heteroatoms. The van der Waals surface area contributed by atoms with E-state index in [1.54, 1.807) is 0 Å². The molecule has 3 unspecified atom stereocenters. The van der Waals surface area contributed by atoms with Crippen LogP contribution in [0.25, 0.3) is 0 Å². The molecule has 0 bridgehead atoms. The standard InChI is InChI=1S/C18H30N4O5S2/c1-11(23)19-15(7-9-28)17(26)20-13-5-3-4-6-14(13)21-18(27)22(12(2)24)16(25)8-10-29/h13-15,28-29H,3-10H2,1-2H3,(H,19,23)(H,20,26)(H,21,27). The van der Waals surface area contributed by atoms with Crippen LogP contribution < -0.4 is 16.0 Å². The SMILES string of the molecule is CC(=O)NC(CCS)C(=O)NC1CCCCC1NC(=O)N(C(C)=O)C(=O)CCS. The molecule has 164 valence electrons. The number of imide groups is 3. The summed E-state index contributed by atoms with van der Waals surface area (Å²) in [5, 5.41) is 8.19. The van der Waals surface area contributed by atoms with E-state index in [9.17, 15) is 24.0 Å². The Morgan fingerprint density at radius 2 is 1.55 bits per heavy atom. The van der Waals surface area contributed by atoms with Crippen LogP contribution in [0.2, 0.25) is 0 Å². The molecule has 0 aliphatic heterocycles. The van der Waals surface area contributed by atoms with Gasteiger partial charge in [-0.2, -0.15) is 25.3 Å². The number of amides is 6. The molecule has 1 rings (SSSR count). The van der Waals surface area contributed by atoms with E-state index in [2.05, 4.69) is 41.2 Å². The van der Waals surface area contributed by atoms with Gasteiger partial charge in [-0.1, -0.05) is 12.8 Å². The van der Waals surface area contributed by atoms with Gasteiger partial charge in [-0.3, -0.25) is 19.2 Å². The molecule has 0 aromatic carbocycles. The molecule has 1 aliphatic rings. The van der Waals surface area contributed by atoms with Gasteiger partial charge < -0.3 is 16.0 Å². The number of thiol groups is 2. The lowest BCUT2D eigenvalue weighted by atomic mass is 9.90. The number of nitrogens with zero attached hydrogens (tertiary/aromatic N) is 1. The normalized spacial score (nSPS) is 19.6. The molecule has 0 saturated heterocycles. The summed E-state index contributed by atoms with van der Waals surface area (Å²) in [6.45, 7) is 2.48. The van der Waals surface area contributed by atoms with Crippen molar-refractivity contribution in [1.29, 1.82) is 0 Å². The second-order valence-corrected chi connectivity index (χ2v) is 7.84. The molecule has 3 atom stereocenters. The summed E-state index contributed by atoms with van der Waals surface area (Å²) in [5.74, 6) is -1.33. The Morgan fingerprint density at radius 1 is 0.966 bits per heavy atom. The minimum atomic E-state index is -0.802. The number of urea groups is 1. The first-order valence-corrected chi connectivity index (χ1v) is 10.9. The molecule has 6 amide bonds. The molecular formula is C18H30N4O5S2. The average Bonchev–Trinajstić information content (AvgIpc) is 2.62. The second-order valence-electron chi connectivity index (χ2n) is 6.94. The maximum atomic E-state index is 12.6. The Hall–Kier alpha value is -1.75. The van der Waals surface area contributed by atoms with Crippen LogP contribution in [0.3, 0.4) is 0 Å². The lowest BCUT2D eigenvalue weighted by molar-refractivity contribution is -0.139. The number of hydrogen-bond donors (Lipinski definition) is 5. The van der Waals surface area contributed by atoms with E-state index >= 15 is 0 Å². The van der Waals surface area contributed by atoms with Crippen molar-refractivity contribution in [2.75, 3.05) is 11.5 Å². The zero-order valence-electron chi connectivity index (χ0n) is 16.8. The maximum Gasteiger partial charge on any atom is 0.331 e. The largest absolute Gasteiger partial charge is 0.350 e. The van der Waals surface area contributed by atoms with Crippen LogP contribution in [0.4, 0.5) is 4.79 Å². The van der Waals surface area contributed by atoms with Gasteiger partial charge in [-0.05, 0) is 30.8 Å². The Bertz CT molecular complexity index is 631. The Kier molecular flexibility index (Phi) is 11.1. The van der Waals surface area contributed by atoms with E-state index < -0.39 is 29.9 Å². The van der Waals surface area contributed by atoms with Crippen LogP contribution in [0.15, 0.2) is 0 Å². The van der Waals surface area contributed by atoms with Gasteiger partial charge in [0.25, 0.3) is 0 Å². The Morgan fingerprint density at radius 3 is 2.03 bits per heavy atom. The van der Waals surface area contributed by atoms with Gasteiger partial charge in [0.2, 0.25) is 23.6 Å². The lowest BCUT2D eigenvalue weighted by Crippen LogP contribution is -2.59. The van der Waals surface area contributed by atoms with Crippen LogP contribution in [0.5, 0.6) is 0 Å². The molecule has 0 radical (unpaired) electrons. The first-order chi connectivity index (χ1) is 13.7. The van der Waals surface area contributed by atoms with E-state index in [-0.39, 0.29) is 30.0 Å². The number of hydrogen-bond acceptors (Lipinski definition) is 7. The highest BCUT2D eigenvalue weighted by Crippen LogP contribution is 2.19. The highest BCUT2D eigenvalue weighted by atomic mass is 32.1. The van der Waals surface area contributed by atoms with Crippen molar-refractivity contribution in [2.24, 2.45) is 0 Å². The Balaban J connectivity index is 2.84. The van der Waals surface area contributed by atoms with Crippen LogP contribution in [0, 0.1) is 0 Å². The van der Waals surface area contributed by atoms with Gasteiger partial charge in [0.1, 0.15) is 6.04 Å². The van der Waals surface area contributed by atoms with Gasteiger partial charge >= 0.3 is 6.03 Å². The van der Waals surface area contributed by atoms with Gasteiger partial charge in [0, 0.05) is 26.3 Å². The third-order valence-corrected chi connectivity index (χ3v) is 5.09. The zero-order chi connectivity index (χ0) is 22.0. The fourth-order valence-electron chi connectivity index (χ4n) is 3.27. The highest BCUT2D eigenvalue weighted by Gasteiger charge is 2.33. The van der Waals surface area contributed by atoms with E-state index in [0.717, 1.165) is 19.8 Å². The van der Waals surface area contributed by atoms with Gasteiger partial charge in [-0.25, -0.2) is 9.69 Å².